The third-order valence-electron chi connectivity index (χ3n) is 2.86. The molecule has 2 rings (SSSR count). The highest BCUT2D eigenvalue weighted by Gasteiger charge is 2.04. The van der Waals surface area contributed by atoms with Gasteiger partial charge in [0.1, 0.15) is 11.5 Å². The number of ether oxygens (including phenoxy) is 2. The molecule has 0 atom stereocenters. The molecule has 0 aliphatic heterocycles. The first-order valence-electron chi connectivity index (χ1n) is 7.12. The van der Waals surface area contributed by atoms with E-state index in [1.165, 1.54) is 0 Å². The molecule has 0 fully saturated rings. The number of carbonyl (C=O) groups excluding carboxylic acids is 2. The first-order valence-corrected chi connectivity index (χ1v) is 7.12. The maximum absolute atomic E-state index is 11.8. The maximum atomic E-state index is 11.8. The third kappa shape index (κ3) is 6.09. The number of hydrogen-bond acceptors (Lipinski definition) is 4. The Morgan fingerprint density at radius 3 is 2.22 bits per heavy atom. The van der Waals surface area contributed by atoms with Gasteiger partial charge in [-0.05, 0) is 36.4 Å². The molecule has 2 amide bonds. The largest absolute Gasteiger partial charge is 0.493 e. The molecular formula is C17H18N2O4. The van der Waals surface area contributed by atoms with Gasteiger partial charge in [0.25, 0.3) is 5.91 Å². The van der Waals surface area contributed by atoms with Gasteiger partial charge in [0.15, 0.2) is 6.61 Å². The van der Waals surface area contributed by atoms with E-state index in [1.54, 1.807) is 24.3 Å². The summed E-state index contributed by atoms with van der Waals surface area (Å²) in [5.41, 5.74) is 5.63. The second-order valence-corrected chi connectivity index (χ2v) is 4.74. The average Bonchev–Trinajstić information content (AvgIpc) is 2.55. The summed E-state index contributed by atoms with van der Waals surface area (Å²) in [5.74, 6) is 0.554. The summed E-state index contributed by atoms with van der Waals surface area (Å²) >= 11 is 0. The first kappa shape index (κ1) is 16.4. The predicted octanol–water partition coefficient (Wildman–Crippen LogP) is 1.96. The van der Waals surface area contributed by atoms with E-state index in [4.69, 9.17) is 15.2 Å². The molecule has 2 aromatic rings. The molecule has 6 heteroatoms. The fourth-order valence-electron chi connectivity index (χ4n) is 1.79. The summed E-state index contributed by atoms with van der Waals surface area (Å²) in [6.07, 6.45) is 0.245. The summed E-state index contributed by atoms with van der Waals surface area (Å²) in [6.45, 7) is 0.123. The van der Waals surface area contributed by atoms with Gasteiger partial charge in [-0.1, -0.05) is 18.2 Å². The first-order chi connectivity index (χ1) is 11.1. The summed E-state index contributed by atoms with van der Waals surface area (Å²) < 4.78 is 10.6. The Labute approximate surface area is 134 Å². The minimum atomic E-state index is -0.541. The van der Waals surface area contributed by atoms with E-state index in [1.807, 2.05) is 30.3 Å². The van der Waals surface area contributed by atoms with Crippen molar-refractivity contribution in [3.63, 3.8) is 0 Å². The van der Waals surface area contributed by atoms with Crippen LogP contribution in [0.15, 0.2) is 54.6 Å². The number of benzene rings is 2. The summed E-state index contributed by atoms with van der Waals surface area (Å²) in [4.78, 5) is 22.4. The van der Waals surface area contributed by atoms with Crippen molar-refractivity contribution in [1.82, 2.24) is 0 Å². The molecule has 0 bridgehead atoms. The minimum absolute atomic E-state index is 0.147. The Balaban J connectivity index is 1.73. The van der Waals surface area contributed by atoms with Crippen molar-refractivity contribution in [2.75, 3.05) is 18.5 Å². The third-order valence-corrected chi connectivity index (χ3v) is 2.86. The zero-order valence-electron chi connectivity index (χ0n) is 12.5. The van der Waals surface area contributed by atoms with E-state index < -0.39 is 5.91 Å². The van der Waals surface area contributed by atoms with Gasteiger partial charge in [-0.15, -0.1) is 0 Å². The lowest BCUT2D eigenvalue weighted by Crippen LogP contribution is -2.20. The normalized spacial score (nSPS) is 9.91. The standard InChI is InChI=1S/C17H18N2O4/c18-16(20)12-23-15-8-6-13(7-9-15)19-17(21)10-11-22-14-4-2-1-3-5-14/h1-9H,10-12H2,(H2,18,20)(H,19,21). The molecule has 6 nitrogen and oxygen atoms in total. The van der Waals surface area contributed by atoms with Crippen molar-refractivity contribution in [3.8, 4) is 11.5 Å². The maximum Gasteiger partial charge on any atom is 0.255 e. The molecule has 0 saturated heterocycles. The molecule has 2 aromatic carbocycles. The molecule has 23 heavy (non-hydrogen) atoms. The molecule has 0 saturated carbocycles. The van der Waals surface area contributed by atoms with Crippen LogP contribution in [0.5, 0.6) is 11.5 Å². The van der Waals surface area contributed by atoms with Crippen molar-refractivity contribution < 1.29 is 19.1 Å². The van der Waals surface area contributed by atoms with Crippen LogP contribution in [0.2, 0.25) is 0 Å². The van der Waals surface area contributed by atoms with Crippen molar-refractivity contribution in [2.24, 2.45) is 5.73 Å². The molecule has 0 radical (unpaired) electrons. The van der Waals surface area contributed by atoms with Gasteiger partial charge >= 0.3 is 0 Å². The van der Waals surface area contributed by atoms with Gasteiger partial charge in [-0.25, -0.2) is 0 Å². The SMILES string of the molecule is NC(=O)COc1ccc(NC(=O)CCOc2ccccc2)cc1. The molecular weight excluding hydrogens is 296 g/mol. The van der Waals surface area contributed by atoms with Crippen LogP contribution in [0.3, 0.4) is 0 Å². The molecule has 0 heterocycles. The highest BCUT2D eigenvalue weighted by atomic mass is 16.5. The van der Waals surface area contributed by atoms with Crippen LogP contribution in [-0.4, -0.2) is 25.0 Å². The number of hydrogen-bond donors (Lipinski definition) is 2. The van der Waals surface area contributed by atoms with Gasteiger partial charge in [0, 0.05) is 5.69 Å². The van der Waals surface area contributed by atoms with Crippen molar-refractivity contribution in [2.45, 2.75) is 6.42 Å². The number of nitrogens with one attached hydrogen (secondary N) is 1. The van der Waals surface area contributed by atoms with Crippen LogP contribution < -0.4 is 20.5 Å². The van der Waals surface area contributed by atoms with Crippen molar-refractivity contribution in [1.29, 1.82) is 0 Å². The molecule has 0 aromatic heterocycles. The molecule has 3 N–H and O–H groups in total. The molecule has 0 unspecified atom stereocenters. The van der Waals surface area contributed by atoms with Crippen LogP contribution in [0.25, 0.3) is 0 Å². The van der Waals surface area contributed by atoms with E-state index in [0.717, 1.165) is 5.75 Å². The van der Waals surface area contributed by atoms with E-state index >= 15 is 0 Å². The van der Waals surface area contributed by atoms with Crippen LogP contribution in [-0.2, 0) is 9.59 Å². The second-order valence-electron chi connectivity index (χ2n) is 4.74. The lowest BCUT2D eigenvalue weighted by Gasteiger charge is -2.08. The Bertz CT molecular complexity index is 641. The molecule has 120 valence electrons. The Morgan fingerprint density at radius 2 is 1.57 bits per heavy atom. The predicted molar refractivity (Wildman–Crippen MR) is 86.3 cm³/mol. The van der Waals surface area contributed by atoms with Crippen LogP contribution >= 0.6 is 0 Å². The number of para-hydroxylation sites is 1. The fourth-order valence-corrected chi connectivity index (χ4v) is 1.79. The van der Waals surface area contributed by atoms with Crippen LogP contribution in [0.4, 0.5) is 5.69 Å². The lowest BCUT2D eigenvalue weighted by molar-refractivity contribution is -0.120. The highest BCUT2D eigenvalue weighted by Crippen LogP contribution is 2.16. The summed E-state index contributed by atoms with van der Waals surface area (Å²) in [6, 6.07) is 16.0. The van der Waals surface area contributed by atoms with Gasteiger partial charge in [-0.2, -0.15) is 0 Å². The fraction of sp³-hybridized carbons (Fsp3) is 0.176. The van der Waals surface area contributed by atoms with Crippen molar-refractivity contribution in [3.05, 3.63) is 54.6 Å². The number of nitrogens with two attached hydrogens (primary N) is 1. The topological polar surface area (TPSA) is 90.7 Å². The number of primary amides is 1. The van der Waals surface area contributed by atoms with Crippen LogP contribution in [0, 0.1) is 0 Å². The monoisotopic (exact) mass is 314 g/mol. The second kappa shape index (κ2) is 8.43. The van der Waals surface area contributed by atoms with Gasteiger partial charge in [0.2, 0.25) is 5.91 Å². The minimum Gasteiger partial charge on any atom is -0.493 e. The summed E-state index contributed by atoms with van der Waals surface area (Å²) in [7, 11) is 0. The number of amides is 2. The Hall–Kier alpha value is -3.02. The van der Waals surface area contributed by atoms with Gasteiger partial charge < -0.3 is 20.5 Å². The van der Waals surface area contributed by atoms with Gasteiger partial charge in [0.05, 0.1) is 13.0 Å². The van der Waals surface area contributed by atoms with Crippen LogP contribution in [0.1, 0.15) is 6.42 Å². The van der Waals surface area contributed by atoms with Crippen molar-refractivity contribution >= 4 is 17.5 Å². The van der Waals surface area contributed by atoms with E-state index in [0.29, 0.717) is 18.0 Å². The van der Waals surface area contributed by atoms with Gasteiger partial charge in [-0.3, -0.25) is 9.59 Å². The zero-order valence-corrected chi connectivity index (χ0v) is 12.5. The average molecular weight is 314 g/mol. The quantitative estimate of drug-likeness (QED) is 0.779. The Kier molecular flexibility index (Phi) is 5.99. The molecule has 0 aliphatic carbocycles. The highest BCUT2D eigenvalue weighted by molar-refractivity contribution is 5.90. The summed E-state index contributed by atoms with van der Waals surface area (Å²) in [5, 5.41) is 2.75. The Morgan fingerprint density at radius 1 is 0.913 bits per heavy atom. The van der Waals surface area contributed by atoms with E-state index in [9.17, 15) is 9.59 Å². The molecule has 0 aliphatic rings. The number of anilines is 1. The number of rotatable bonds is 8. The van der Waals surface area contributed by atoms with E-state index in [-0.39, 0.29) is 18.9 Å². The van der Waals surface area contributed by atoms with E-state index in [2.05, 4.69) is 5.32 Å². The molecule has 0 spiro atoms. The number of carbonyl (C=O) groups is 2. The lowest BCUT2D eigenvalue weighted by atomic mass is 10.3. The smallest absolute Gasteiger partial charge is 0.255 e. The zero-order chi connectivity index (χ0) is 16.5.